The molecule has 0 saturated carbocycles. The van der Waals surface area contributed by atoms with Crippen LogP contribution in [0.25, 0.3) is 10.2 Å². The van der Waals surface area contributed by atoms with E-state index >= 15 is 0 Å². The Kier molecular flexibility index (Phi) is 6.02. The van der Waals surface area contributed by atoms with Crippen LogP contribution < -0.4 is 4.80 Å². The third-order valence-corrected chi connectivity index (χ3v) is 5.36. The maximum Gasteiger partial charge on any atom is 0.279 e. The molecule has 1 heterocycles. The molecule has 3 aromatic rings. The highest BCUT2D eigenvalue weighted by atomic mass is 32.1. The van der Waals surface area contributed by atoms with Crippen molar-refractivity contribution in [1.82, 2.24) is 4.57 Å². The van der Waals surface area contributed by atoms with Crippen LogP contribution in [-0.2, 0) is 13.0 Å². The van der Waals surface area contributed by atoms with Crippen molar-refractivity contribution in [1.29, 1.82) is 0 Å². The largest absolute Gasteiger partial charge is 0.305 e. The first-order valence-electron chi connectivity index (χ1n) is 8.92. The molecule has 0 atom stereocenters. The van der Waals surface area contributed by atoms with Crippen molar-refractivity contribution in [2.24, 2.45) is 4.99 Å². The number of nitro benzene ring substituents is 1. The lowest BCUT2D eigenvalue weighted by molar-refractivity contribution is -0.384. The number of hydrogen-bond acceptors (Lipinski definition) is 4. The number of hydrogen-bond donors (Lipinski definition) is 0. The van der Waals surface area contributed by atoms with Crippen LogP contribution in [-0.4, -0.2) is 15.4 Å². The SMILES string of the molecule is C#CCn1c(=NC(=O)c2cccc([N+](=O)[O-])c2)sc2cc(CCCC)ccc21. The number of rotatable bonds is 6. The smallest absolute Gasteiger partial charge is 0.279 e. The lowest BCUT2D eigenvalue weighted by Crippen LogP contribution is -2.16. The fourth-order valence-corrected chi connectivity index (χ4v) is 3.98. The van der Waals surface area contributed by atoms with E-state index < -0.39 is 10.8 Å². The summed E-state index contributed by atoms with van der Waals surface area (Å²) in [6.45, 7) is 2.44. The van der Waals surface area contributed by atoms with Gasteiger partial charge in [-0.15, -0.1) is 6.42 Å². The molecule has 7 heteroatoms. The molecule has 142 valence electrons. The minimum absolute atomic E-state index is 0.144. The topological polar surface area (TPSA) is 77.5 Å². The lowest BCUT2D eigenvalue weighted by atomic mass is 10.1. The van der Waals surface area contributed by atoms with Crippen molar-refractivity contribution in [2.75, 3.05) is 0 Å². The zero-order valence-corrected chi connectivity index (χ0v) is 16.2. The first-order valence-corrected chi connectivity index (χ1v) is 9.74. The second kappa shape index (κ2) is 8.63. The first-order chi connectivity index (χ1) is 13.5. The molecule has 3 rings (SSSR count). The second-order valence-corrected chi connectivity index (χ2v) is 7.31. The molecule has 6 nitrogen and oxygen atoms in total. The molecular formula is C21H19N3O3S. The molecule has 28 heavy (non-hydrogen) atoms. The van der Waals surface area contributed by atoms with Gasteiger partial charge in [-0.2, -0.15) is 4.99 Å². The number of aryl methyl sites for hydroxylation is 1. The molecule has 0 spiro atoms. The number of terminal acetylenes is 1. The maximum atomic E-state index is 12.6. The quantitative estimate of drug-likeness (QED) is 0.355. The number of benzene rings is 2. The van der Waals surface area contributed by atoms with E-state index in [9.17, 15) is 14.9 Å². The molecule has 0 aliphatic rings. The maximum absolute atomic E-state index is 12.6. The van der Waals surface area contributed by atoms with Crippen LogP contribution in [0.1, 0.15) is 35.7 Å². The molecule has 0 radical (unpaired) electrons. The van der Waals surface area contributed by atoms with E-state index in [-0.39, 0.29) is 17.8 Å². The number of aromatic nitrogens is 1. The van der Waals surface area contributed by atoms with Gasteiger partial charge in [0.05, 0.1) is 21.7 Å². The summed E-state index contributed by atoms with van der Waals surface area (Å²) in [5.74, 6) is 2.06. The Morgan fingerprint density at radius 2 is 2.14 bits per heavy atom. The number of unbranched alkanes of at least 4 members (excludes halogenated alkanes) is 1. The van der Waals surface area contributed by atoms with Gasteiger partial charge in [-0.1, -0.05) is 42.7 Å². The standard InChI is InChI=1S/C21H19N3O3S/c1-3-5-7-15-10-11-18-19(13-15)28-21(23(18)12-4-2)22-20(25)16-8-6-9-17(14-16)24(26)27/h2,6,8-11,13-14H,3,5,7,12H2,1H3. The Morgan fingerprint density at radius 1 is 1.32 bits per heavy atom. The second-order valence-electron chi connectivity index (χ2n) is 6.30. The van der Waals surface area contributed by atoms with Gasteiger partial charge in [0.2, 0.25) is 0 Å². The van der Waals surface area contributed by atoms with Crippen LogP contribution in [0.3, 0.4) is 0 Å². The first kappa shape index (κ1) is 19.5. The fraction of sp³-hybridized carbons (Fsp3) is 0.238. The highest BCUT2D eigenvalue weighted by Crippen LogP contribution is 2.21. The summed E-state index contributed by atoms with van der Waals surface area (Å²) in [5.41, 5.74) is 2.19. The number of thiazole rings is 1. The zero-order valence-electron chi connectivity index (χ0n) is 15.4. The van der Waals surface area contributed by atoms with Crippen LogP contribution in [0.4, 0.5) is 5.69 Å². The molecule has 0 N–H and O–H groups in total. The predicted octanol–water partition coefficient (Wildman–Crippen LogP) is 4.33. The van der Waals surface area contributed by atoms with E-state index in [0.29, 0.717) is 4.80 Å². The Hall–Kier alpha value is -3.24. The van der Waals surface area contributed by atoms with Crippen molar-refractivity contribution in [3.8, 4) is 12.3 Å². The van der Waals surface area contributed by atoms with Gasteiger partial charge in [-0.3, -0.25) is 14.9 Å². The lowest BCUT2D eigenvalue weighted by Gasteiger charge is -2.02. The van der Waals surface area contributed by atoms with Gasteiger partial charge in [-0.25, -0.2) is 0 Å². The van der Waals surface area contributed by atoms with Gasteiger partial charge in [0, 0.05) is 17.7 Å². The highest BCUT2D eigenvalue weighted by molar-refractivity contribution is 7.16. The third-order valence-electron chi connectivity index (χ3n) is 4.32. The van der Waals surface area contributed by atoms with Crippen molar-refractivity contribution in [2.45, 2.75) is 32.7 Å². The molecule has 0 bridgehead atoms. The number of carbonyl (C=O) groups excluding carboxylic acids is 1. The van der Waals surface area contributed by atoms with Crippen molar-refractivity contribution >= 4 is 33.1 Å². The Morgan fingerprint density at radius 3 is 2.86 bits per heavy atom. The Bertz CT molecular complexity index is 1150. The Labute approximate surface area is 166 Å². The monoisotopic (exact) mass is 393 g/mol. The summed E-state index contributed by atoms with van der Waals surface area (Å²) < 4.78 is 2.83. The summed E-state index contributed by atoms with van der Waals surface area (Å²) in [7, 11) is 0. The molecule has 0 saturated heterocycles. The average Bonchev–Trinajstić information content (AvgIpc) is 3.03. The summed E-state index contributed by atoms with van der Waals surface area (Å²) in [5, 5.41) is 10.9. The molecule has 0 aliphatic heterocycles. The van der Waals surface area contributed by atoms with Gasteiger partial charge in [-0.05, 0) is 36.6 Å². The van der Waals surface area contributed by atoms with Gasteiger partial charge >= 0.3 is 0 Å². The van der Waals surface area contributed by atoms with E-state index in [1.807, 2.05) is 10.6 Å². The van der Waals surface area contributed by atoms with Crippen LogP contribution in [0, 0.1) is 22.5 Å². The van der Waals surface area contributed by atoms with Crippen molar-refractivity contribution in [3.63, 3.8) is 0 Å². The van der Waals surface area contributed by atoms with Crippen LogP contribution >= 0.6 is 11.3 Å². The van der Waals surface area contributed by atoms with E-state index in [1.165, 1.54) is 41.2 Å². The molecule has 1 aromatic heterocycles. The van der Waals surface area contributed by atoms with Crippen LogP contribution in [0.2, 0.25) is 0 Å². The van der Waals surface area contributed by atoms with Gasteiger partial charge in [0.1, 0.15) is 0 Å². The minimum atomic E-state index is -0.535. The van der Waals surface area contributed by atoms with Crippen molar-refractivity contribution in [3.05, 3.63) is 68.5 Å². The normalized spacial score (nSPS) is 11.5. The van der Waals surface area contributed by atoms with E-state index in [4.69, 9.17) is 6.42 Å². The van der Waals surface area contributed by atoms with Crippen LogP contribution in [0.15, 0.2) is 47.5 Å². The molecule has 0 aliphatic carbocycles. The molecule has 0 unspecified atom stereocenters. The molecular weight excluding hydrogens is 374 g/mol. The van der Waals surface area contributed by atoms with E-state index in [1.54, 1.807) is 0 Å². The van der Waals surface area contributed by atoms with Crippen molar-refractivity contribution < 1.29 is 9.72 Å². The summed E-state index contributed by atoms with van der Waals surface area (Å²) >= 11 is 1.39. The number of carbonyl (C=O) groups is 1. The minimum Gasteiger partial charge on any atom is -0.305 e. The van der Waals surface area contributed by atoms with Gasteiger partial charge < -0.3 is 4.57 Å². The summed E-state index contributed by atoms with van der Waals surface area (Å²) in [6, 6.07) is 11.7. The number of nitro groups is 1. The van der Waals surface area contributed by atoms with E-state index in [0.717, 1.165) is 29.5 Å². The molecule has 1 amide bonds. The summed E-state index contributed by atoms with van der Waals surface area (Å²) in [6.07, 6.45) is 8.74. The number of non-ortho nitro benzene ring substituents is 1. The number of fused-ring (bicyclic) bond motifs is 1. The zero-order chi connectivity index (χ0) is 20.1. The molecule has 0 fully saturated rings. The average molecular weight is 393 g/mol. The molecule has 2 aromatic carbocycles. The number of nitrogens with zero attached hydrogens (tertiary/aromatic N) is 3. The fourth-order valence-electron chi connectivity index (χ4n) is 2.89. The Balaban J connectivity index is 2.06. The van der Waals surface area contributed by atoms with E-state index in [2.05, 4.69) is 30.0 Å². The summed E-state index contributed by atoms with van der Waals surface area (Å²) in [4.78, 5) is 27.7. The van der Waals surface area contributed by atoms with Gasteiger partial charge in [0.25, 0.3) is 11.6 Å². The van der Waals surface area contributed by atoms with Gasteiger partial charge in [0.15, 0.2) is 4.80 Å². The number of amides is 1. The van der Waals surface area contributed by atoms with Crippen LogP contribution in [0.5, 0.6) is 0 Å². The third kappa shape index (κ3) is 4.18. The highest BCUT2D eigenvalue weighted by Gasteiger charge is 2.13. The predicted molar refractivity (Wildman–Crippen MR) is 110 cm³/mol.